The summed E-state index contributed by atoms with van der Waals surface area (Å²) in [5.41, 5.74) is -0.832. The van der Waals surface area contributed by atoms with Crippen LogP contribution in [0.25, 0.3) is 0 Å². The van der Waals surface area contributed by atoms with Crippen LogP contribution in [0.1, 0.15) is 42.9 Å². The van der Waals surface area contributed by atoms with Crippen molar-refractivity contribution in [3.63, 3.8) is 0 Å². The lowest BCUT2D eigenvalue weighted by atomic mass is 9.87. The molecule has 2 N–H and O–H groups in total. The number of alkyl halides is 3. The van der Waals surface area contributed by atoms with Gasteiger partial charge < -0.3 is 20.2 Å². The number of halogens is 3. The minimum Gasteiger partial charge on any atom is -0.389 e. The number of benzene rings is 1. The number of hydrogen-bond acceptors (Lipinski definition) is 3. The fourth-order valence-corrected chi connectivity index (χ4v) is 3.94. The third-order valence-corrected chi connectivity index (χ3v) is 5.92. The third-order valence-electron chi connectivity index (χ3n) is 5.92. The molecular weight excluding hydrogens is 371 g/mol. The second-order valence-electron chi connectivity index (χ2n) is 8.15. The van der Waals surface area contributed by atoms with Crippen molar-refractivity contribution < 1.29 is 23.1 Å². The summed E-state index contributed by atoms with van der Waals surface area (Å²) in [7, 11) is 3.54. The average Bonchev–Trinajstić information content (AvgIpc) is 3.47. The second kappa shape index (κ2) is 7.91. The zero-order valence-corrected chi connectivity index (χ0v) is 16.3. The summed E-state index contributed by atoms with van der Waals surface area (Å²) < 4.78 is 39.0. The third kappa shape index (κ3) is 4.78. The molecule has 0 aromatic heterocycles. The lowest BCUT2D eigenvalue weighted by molar-refractivity contribution is -0.137. The zero-order chi connectivity index (χ0) is 20.5. The average molecular weight is 399 g/mol. The standard InChI is InChI=1S/C20H28F3N3O2/c1-25(2)17(14-4-3-5-16(12-14)20(21,22)23)13-24-18(27)26-10-8-19(28,9-11-26)15-6-7-15/h3-5,12,15,17,28H,6-11,13H2,1-2H3,(H,24,27). The molecule has 2 amide bonds. The first-order chi connectivity index (χ1) is 13.1. The minimum atomic E-state index is -4.40. The number of piperidine rings is 1. The minimum absolute atomic E-state index is 0.205. The molecule has 2 fully saturated rings. The molecule has 1 saturated carbocycles. The molecular formula is C20H28F3N3O2. The Bertz CT molecular complexity index is 696. The largest absolute Gasteiger partial charge is 0.416 e. The number of nitrogens with zero attached hydrogens (tertiary/aromatic N) is 2. The highest BCUT2D eigenvalue weighted by Gasteiger charge is 2.45. The number of rotatable bonds is 5. The summed E-state index contributed by atoms with van der Waals surface area (Å²) in [6.07, 6.45) is -1.12. The number of urea groups is 1. The first kappa shape index (κ1) is 20.9. The van der Waals surface area contributed by atoms with Gasteiger partial charge in [-0.1, -0.05) is 12.1 Å². The molecule has 0 bridgehead atoms. The van der Waals surface area contributed by atoms with E-state index in [0.29, 0.717) is 37.4 Å². The van der Waals surface area contributed by atoms with E-state index in [1.165, 1.54) is 6.07 Å². The van der Waals surface area contributed by atoms with E-state index < -0.39 is 17.3 Å². The number of amides is 2. The molecule has 8 heteroatoms. The summed E-state index contributed by atoms with van der Waals surface area (Å²) in [4.78, 5) is 16.0. The van der Waals surface area contributed by atoms with Crippen LogP contribution in [0.15, 0.2) is 24.3 Å². The van der Waals surface area contributed by atoms with Gasteiger partial charge in [0.2, 0.25) is 0 Å². The Labute approximate surface area is 163 Å². The van der Waals surface area contributed by atoms with E-state index >= 15 is 0 Å². The highest BCUT2D eigenvalue weighted by molar-refractivity contribution is 5.74. The second-order valence-corrected chi connectivity index (χ2v) is 8.15. The van der Waals surface area contributed by atoms with E-state index in [4.69, 9.17) is 0 Å². The van der Waals surface area contributed by atoms with Crippen LogP contribution in [0.4, 0.5) is 18.0 Å². The predicted molar refractivity (Wildman–Crippen MR) is 99.8 cm³/mol. The van der Waals surface area contributed by atoms with Gasteiger partial charge in [0, 0.05) is 19.6 Å². The van der Waals surface area contributed by atoms with Gasteiger partial charge in [-0.2, -0.15) is 13.2 Å². The first-order valence-corrected chi connectivity index (χ1v) is 9.69. The number of aliphatic hydroxyl groups is 1. The molecule has 1 aliphatic carbocycles. The Morgan fingerprint density at radius 3 is 2.50 bits per heavy atom. The summed E-state index contributed by atoms with van der Waals surface area (Å²) in [5.74, 6) is 0.372. The maximum absolute atomic E-state index is 13.0. The van der Waals surface area contributed by atoms with Gasteiger partial charge in [-0.25, -0.2) is 4.79 Å². The Balaban J connectivity index is 1.59. The van der Waals surface area contributed by atoms with Gasteiger partial charge in [0.25, 0.3) is 0 Å². The molecule has 156 valence electrons. The Morgan fingerprint density at radius 1 is 1.32 bits per heavy atom. The molecule has 0 spiro atoms. The molecule has 1 aromatic rings. The SMILES string of the molecule is CN(C)C(CNC(=O)N1CCC(O)(C2CC2)CC1)c1cccc(C(F)(F)F)c1. The van der Waals surface area contributed by atoms with Crippen LogP contribution in [-0.2, 0) is 6.18 Å². The van der Waals surface area contributed by atoms with Gasteiger partial charge in [-0.15, -0.1) is 0 Å². The number of hydrogen-bond donors (Lipinski definition) is 2. The first-order valence-electron chi connectivity index (χ1n) is 9.69. The Morgan fingerprint density at radius 2 is 1.96 bits per heavy atom. The fourth-order valence-electron chi connectivity index (χ4n) is 3.94. The molecule has 5 nitrogen and oxygen atoms in total. The predicted octanol–water partition coefficient (Wildman–Crippen LogP) is 3.25. The summed E-state index contributed by atoms with van der Waals surface area (Å²) in [5, 5.41) is 13.4. The molecule has 0 radical (unpaired) electrons. The number of likely N-dealkylation sites (tertiary alicyclic amines) is 1. The van der Waals surface area contributed by atoms with Crippen LogP contribution < -0.4 is 5.32 Å². The number of carbonyl (C=O) groups is 1. The van der Waals surface area contributed by atoms with Crippen molar-refractivity contribution in [2.24, 2.45) is 5.92 Å². The highest BCUT2D eigenvalue weighted by Crippen LogP contribution is 2.45. The Hall–Kier alpha value is -1.80. The summed E-state index contributed by atoms with van der Waals surface area (Å²) >= 11 is 0. The molecule has 1 heterocycles. The van der Waals surface area contributed by atoms with Gasteiger partial charge in [-0.3, -0.25) is 0 Å². The van der Waals surface area contributed by atoms with E-state index in [-0.39, 0.29) is 18.6 Å². The van der Waals surface area contributed by atoms with Gasteiger partial charge in [0.15, 0.2) is 0 Å². The van der Waals surface area contributed by atoms with Crippen LogP contribution in [0.3, 0.4) is 0 Å². The van der Waals surface area contributed by atoms with Crippen molar-refractivity contribution in [1.82, 2.24) is 15.1 Å². The lowest BCUT2D eigenvalue weighted by Gasteiger charge is -2.38. The van der Waals surface area contributed by atoms with Crippen LogP contribution in [-0.4, -0.2) is 60.3 Å². The molecule has 1 saturated heterocycles. The van der Waals surface area contributed by atoms with Gasteiger partial charge in [0.1, 0.15) is 0 Å². The van der Waals surface area contributed by atoms with Crippen molar-refractivity contribution >= 4 is 6.03 Å². The zero-order valence-electron chi connectivity index (χ0n) is 16.3. The molecule has 1 atom stereocenters. The van der Waals surface area contributed by atoms with E-state index in [1.54, 1.807) is 30.0 Å². The van der Waals surface area contributed by atoms with Crippen LogP contribution in [0.2, 0.25) is 0 Å². The topological polar surface area (TPSA) is 55.8 Å². The fraction of sp³-hybridized carbons (Fsp3) is 0.650. The highest BCUT2D eigenvalue weighted by atomic mass is 19.4. The summed E-state index contributed by atoms with van der Waals surface area (Å²) in [6, 6.07) is 4.59. The van der Waals surface area contributed by atoms with Crippen molar-refractivity contribution in [3.05, 3.63) is 35.4 Å². The maximum Gasteiger partial charge on any atom is 0.416 e. The van der Waals surface area contributed by atoms with Crippen molar-refractivity contribution in [2.75, 3.05) is 33.7 Å². The normalized spacial score (nSPS) is 20.9. The van der Waals surface area contributed by atoms with E-state index in [0.717, 1.165) is 25.0 Å². The molecule has 28 heavy (non-hydrogen) atoms. The lowest BCUT2D eigenvalue weighted by Crippen LogP contribution is -2.51. The molecule has 1 unspecified atom stereocenters. The Kier molecular flexibility index (Phi) is 5.91. The molecule has 1 aliphatic heterocycles. The molecule has 3 rings (SSSR count). The summed E-state index contributed by atoms with van der Waals surface area (Å²) in [6.45, 7) is 1.20. The molecule has 2 aliphatic rings. The monoisotopic (exact) mass is 399 g/mol. The van der Waals surface area contributed by atoms with Crippen LogP contribution in [0, 0.1) is 5.92 Å². The van der Waals surface area contributed by atoms with E-state index in [9.17, 15) is 23.1 Å². The van der Waals surface area contributed by atoms with Crippen LogP contribution in [0.5, 0.6) is 0 Å². The van der Waals surface area contributed by atoms with E-state index in [2.05, 4.69) is 5.32 Å². The number of likely N-dealkylation sites (N-methyl/N-ethyl adjacent to an activating group) is 1. The van der Waals surface area contributed by atoms with Crippen molar-refractivity contribution in [1.29, 1.82) is 0 Å². The van der Waals surface area contributed by atoms with Gasteiger partial charge >= 0.3 is 12.2 Å². The number of carbonyl (C=O) groups excluding carboxylic acids is 1. The number of nitrogens with one attached hydrogen (secondary N) is 1. The van der Waals surface area contributed by atoms with E-state index in [1.807, 2.05) is 0 Å². The van der Waals surface area contributed by atoms with Crippen LogP contribution >= 0.6 is 0 Å². The maximum atomic E-state index is 13.0. The van der Waals surface area contributed by atoms with Gasteiger partial charge in [0.05, 0.1) is 17.2 Å². The smallest absolute Gasteiger partial charge is 0.389 e. The quantitative estimate of drug-likeness (QED) is 0.799. The van der Waals surface area contributed by atoms with Crippen molar-refractivity contribution in [3.8, 4) is 0 Å². The van der Waals surface area contributed by atoms with Crippen molar-refractivity contribution in [2.45, 2.75) is 43.5 Å². The van der Waals surface area contributed by atoms with Gasteiger partial charge in [-0.05, 0) is 63.4 Å². The molecule has 1 aromatic carbocycles.